The number of aromatic nitrogens is 1. The highest BCUT2D eigenvalue weighted by molar-refractivity contribution is 9.10. The van der Waals surface area contributed by atoms with Crippen LogP contribution >= 0.6 is 27.3 Å². The molecule has 0 N–H and O–H groups in total. The molecule has 1 atom stereocenters. The number of benzene rings is 3. The Labute approximate surface area is 305 Å². The molecule has 14 heteroatoms. The predicted molar refractivity (Wildman–Crippen MR) is 192 cm³/mol. The maximum Gasteiger partial charge on any atom is 0.343 e. The molecule has 11 nitrogen and oxygen atoms in total. The lowest BCUT2D eigenvalue weighted by Gasteiger charge is -2.25. The summed E-state index contributed by atoms with van der Waals surface area (Å²) < 4.78 is 50.1. The second kappa shape index (κ2) is 16.8. The minimum Gasteiger partial charge on any atom is -0.490 e. The van der Waals surface area contributed by atoms with Crippen LogP contribution in [-0.4, -0.2) is 50.0 Å². The molecule has 0 amide bonds. The van der Waals surface area contributed by atoms with E-state index in [1.807, 2.05) is 6.92 Å². The van der Waals surface area contributed by atoms with Crippen molar-refractivity contribution in [1.29, 1.82) is 0 Å². The smallest absolute Gasteiger partial charge is 0.343 e. The van der Waals surface area contributed by atoms with Gasteiger partial charge >= 0.3 is 11.9 Å². The number of carbonyl (C=O) groups is 2. The highest BCUT2D eigenvalue weighted by Crippen LogP contribution is 2.39. The Kier molecular flexibility index (Phi) is 12.3. The van der Waals surface area contributed by atoms with Gasteiger partial charge in [0.1, 0.15) is 12.4 Å². The number of rotatable bonds is 14. The first-order valence-corrected chi connectivity index (χ1v) is 17.7. The Morgan fingerprint density at radius 1 is 0.961 bits per heavy atom. The van der Waals surface area contributed by atoms with Gasteiger partial charge in [0, 0.05) is 5.56 Å². The standard InChI is InChI=1S/C37H36BrFN2O9S/c1-6-46-28-18-23(13-14-27(28)49-20-31(42)45-5)33-32(36(44)48-8-3)21(4)40-37-41(33)35(43)30(51-37)17-22-15-25(38)34(29(16-22)47-7-2)50-19-24-11-9-10-12-26(24)39/h9-18,33H,6-8,19-20H2,1-5H3/b30-17-/t33-/m0/s1. The number of carbonyl (C=O) groups excluding carboxylic acids is 2. The topological polar surface area (TPSA) is 124 Å². The molecule has 0 unspecified atom stereocenters. The molecule has 0 saturated heterocycles. The second-order valence-electron chi connectivity index (χ2n) is 10.9. The molecule has 0 radical (unpaired) electrons. The highest BCUT2D eigenvalue weighted by Gasteiger charge is 2.34. The zero-order chi connectivity index (χ0) is 36.7. The van der Waals surface area contributed by atoms with Gasteiger partial charge in [0.05, 0.1) is 53.2 Å². The van der Waals surface area contributed by atoms with Crippen molar-refractivity contribution in [2.24, 2.45) is 4.99 Å². The summed E-state index contributed by atoms with van der Waals surface area (Å²) in [4.78, 5) is 44.5. The molecule has 51 heavy (non-hydrogen) atoms. The van der Waals surface area contributed by atoms with E-state index in [1.54, 1.807) is 75.4 Å². The van der Waals surface area contributed by atoms with Gasteiger partial charge in [0.25, 0.3) is 5.56 Å². The molecule has 2 heterocycles. The number of ether oxygens (including phenoxy) is 6. The van der Waals surface area contributed by atoms with E-state index >= 15 is 0 Å². The highest BCUT2D eigenvalue weighted by atomic mass is 79.9. The van der Waals surface area contributed by atoms with Gasteiger partial charge in [-0.3, -0.25) is 9.36 Å². The van der Waals surface area contributed by atoms with E-state index in [9.17, 15) is 18.8 Å². The van der Waals surface area contributed by atoms with Crippen LogP contribution in [0.25, 0.3) is 6.08 Å². The van der Waals surface area contributed by atoms with Crippen molar-refractivity contribution in [2.75, 3.05) is 33.5 Å². The lowest BCUT2D eigenvalue weighted by atomic mass is 9.95. The molecule has 4 aromatic rings. The van der Waals surface area contributed by atoms with E-state index in [2.05, 4.69) is 25.7 Å². The van der Waals surface area contributed by atoms with E-state index in [-0.39, 0.29) is 43.6 Å². The van der Waals surface area contributed by atoms with Gasteiger partial charge in [-0.15, -0.1) is 0 Å². The lowest BCUT2D eigenvalue weighted by molar-refractivity contribution is -0.143. The molecule has 0 aliphatic carbocycles. The maximum absolute atomic E-state index is 14.3. The average Bonchev–Trinajstić information content (AvgIpc) is 3.40. The largest absolute Gasteiger partial charge is 0.490 e. The van der Waals surface area contributed by atoms with Crippen LogP contribution in [0.1, 0.15) is 50.4 Å². The summed E-state index contributed by atoms with van der Waals surface area (Å²) in [5, 5.41) is 0. The molecule has 0 saturated carbocycles. The quantitative estimate of drug-likeness (QED) is 0.150. The summed E-state index contributed by atoms with van der Waals surface area (Å²) in [7, 11) is 1.26. The molecule has 0 bridgehead atoms. The molecule has 1 aliphatic rings. The van der Waals surface area contributed by atoms with Crippen LogP contribution in [0.5, 0.6) is 23.0 Å². The first-order valence-electron chi connectivity index (χ1n) is 16.1. The Morgan fingerprint density at radius 3 is 2.41 bits per heavy atom. The Bertz CT molecular complexity index is 2160. The molecule has 1 aromatic heterocycles. The van der Waals surface area contributed by atoms with Crippen LogP contribution in [0.2, 0.25) is 0 Å². The van der Waals surface area contributed by atoms with Gasteiger partial charge in [0.2, 0.25) is 0 Å². The van der Waals surface area contributed by atoms with E-state index in [0.717, 1.165) is 11.3 Å². The Balaban J connectivity index is 1.60. The molecule has 1 aliphatic heterocycles. The summed E-state index contributed by atoms with van der Waals surface area (Å²) in [5.41, 5.74) is 1.74. The van der Waals surface area contributed by atoms with E-state index in [1.165, 1.54) is 17.7 Å². The van der Waals surface area contributed by atoms with Gasteiger partial charge in [-0.05, 0) is 91.2 Å². The van der Waals surface area contributed by atoms with Crippen LogP contribution in [0.4, 0.5) is 4.39 Å². The lowest BCUT2D eigenvalue weighted by Crippen LogP contribution is -2.40. The van der Waals surface area contributed by atoms with Crippen LogP contribution in [-0.2, 0) is 25.7 Å². The number of esters is 2. The van der Waals surface area contributed by atoms with Crippen molar-refractivity contribution in [2.45, 2.75) is 40.3 Å². The fraction of sp³-hybridized carbons (Fsp3) is 0.297. The van der Waals surface area contributed by atoms with Crippen LogP contribution in [0, 0.1) is 5.82 Å². The molecular formula is C37H36BrFN2O9S. The predicted octanol–water partition coefficient (Wildman–Crippen LogP) is 5.63. The van der Waals surface area contributed by atoms with Crippen LogP contribution in [0.15, 0.2) is 80.1 Å². The maximum atomic E-state index is 14.3. The van der Waals surface area contributed by atoms with Gasteiger partial charge < -0.3 is 28.4 Å². The summed E-state index contributed by atoms with van der Waals surface area (Å²) in [6.07, 6.45) is 1.70. The van der Waals surface area contributed by atoms with Crippen molar-refractivity contribution < 1.29 is 42.4 Å². The number of hydrogen-bond acceptors (Lipinski definition) is 11. The zero-order valence-electron chi connectivity index (χ0n) is 28.6. The van der Waals surface area contributed by atoms with Crippen molar-refractivity contribution >= 4 is 45.3 Å². The number of thiazole rings is 1. The molecule has 0 spiro atoms. The number of nitrogens with zero attached hydrogens (tertiary/aromatic N) is 2. The third-order valence-electron chi connectivity index (χ3n) is 7.63. The monoisotopic (exact) mass is 782 g/mol. The summed E-state index contributed by atoms with van der Waals surface area (Å²) in [6.45, 7) is 7.40. The molecule has 268 valence electrons. The van der Waals surface area contributed by atoms with Crippen molar-refractivity contribution in [1.82, 2.24) is 4.57 Å². The second-order valence-corrected chi connectivity index (χ2v) is 12.8. The van der Waals surface area contributed by atoms with Crippen LogP contribution in [0.3, 0.4) is 0 Å². The average molecular weight is 784 g/mol. The Hall–Kier alpha value is -4.95. The zero-order valence-corrected chi connectivity index (χ0v) is 31.0. The molecular weight excluding hydrogens is 747 g/mol. The summed E-state index contributed by atoms with van der Waals surface area (Å²) in [6, 6.07) is 13.9. The van der Waals surface area contributed by atoms with Crippen molar-refractivity contribution in [3.63, 3.8) is 0 Å². The van der Waals surface area contributed by atoms with Gasteiger partial charge in [-0.1, -0.05) is 35.6 Å². The first-order chi connectivity index (χ1) is 24.6. The number of hydrogen-bond donors (Lipinski definition) is 0. The SMILES string of the molecule is CCOC(=O)C1=C(C)N=c2s/c(=C\c3cc(Br)c(OCc4ccccc4F)c(OCC)c3)c(=O)n2[C@H]1c1ccc(OCC(=O)OC)c(OCC)c1. The van der Waals surface area contributed by atoms with Gasteiger partial charge in [-0.25, -0.2) is 19.0 Å². The third-order valence-corrected chi connectivity index (χ3v) is 9.20. The minimum absolute atomic E-state index is 0.0190. The van der Waals surface area contributed by atoms with Crippen LogP contribution < -0.4 is 33.8 Å². The molecule has 0 fully saturated rings. The number of methoxy groups -OCH3 is 1. The summed E-state index contributed by atoms with van der Waals surface area (Å²) in [5.74, 6) is -0.176. The minimum atomic E-state index is -0.920. The van der Waals surface area contributed by atoms with E-state index < -0.39 is 23.5 Å². The van der Waals surface area contributed by atoms with Gasteiger partial charge in [0.15, 0.2) is 34.4 Å². The van der Waals surface area contributed by atoms with Crippen molar-refractivity contribution in [3.05, 3.63) is 113 Å². The number of fused-ring (bicyclic) bond motifs is 1. The molecule has 5 rings (SSSR count). The summed E-state index contributed by atoms with van der Waals surface area (Å²) >= 11 is 4.72. The number of halogens is 2. The normalized spacial score (nSPS) is 14.0. The van der Waals surface area contributed by atoms with E-state index in [0.29, 0.717) is 60.0 Å². The fourth-order valence-electron chi connectivity index (χ4n) is 5.38. The van der Waals surface area contributed by atoms with Gasteiger partial charge in [-0.2, -0.15) is 0 Å². The third kappa shape index (κ3) is 8.34. The van der Waals surface area contributed by atoms with Crippen molar-refractivity contribution in [3.8, 4) is 23.0 Å². The number of allylic oxidation sites excluding steroid dienone is 1. The van der Waals surface area contributed by atoms with E-state index in [4.69, 9.17) is 23.7 Å². The molecule has 3 aromatic carbocycles. The first kappa shape index (κ1) is 37.3. The Morgan fingerprint density at radius 2 is 1.71 bits per heavy atom. The fourth-order valence-corrected chi connectivity index (χ4v) is 7.00.